The van der Waals surface area contributed by atoms with Crippen LogP contribution in [0, 0.1) is 20.8 Å². The van der Waals surface area contributed by atoms with E-state index in [-0.39, 0.29) is 5.91 Å². The molecule has 2 heterocycles. The normalized spacial score (nSPS) is 12.3. The number of carboxylic acids is 1. The molecule has 1 amide bonds. The number of halogens is 1. The van der Waals surface area contributed by atoms with Crippen molar-refractivity contribution >= 4 is 33.5 Å². The van der Waals surface area contributed by atoms with Gasteiger partial charge >= 0.3 is 5.97 Å². The minimum Gasteiger partial charge on any atom is -0.478 e. The van der Waals surface area contributed by atoms with Gasteiger partial charge in [0.15, 0.2) is 0 Å². The molecule has 0 saturated heterocycles. The summed E-state index contributed by atoms with van der Waals surface area (Å²) < 4.78 is 1.02. The number of fused-ring (bicyclic) bond motifs is 1. The smallest absolute Gasteiger partial charge is 0.337 e. The summed E-state index contributed by atoms with van der Waals surface area (Å²) in [6.07, 6.45) is 0.509. The highest BCUT2D eigenvalue weighted by Crippen LogP contribution is 2.25. The predicted octanol–water partition coefficient (Wildman–Crippen LogP) is 3.58. The second kappa shape index (κ2) is 6.36. The molecule has 0 saturated carbocycles. The number of aromatic nitrogens is 1. The number of aromatic carboxylic acids is 1. The third kappa shape index (κ3) is 3.39. The van der Waals surface area contributed by atoms with E-state index >= 15 is 0 Å². The first-order valence-electron chi connectivity index (χ1n) is 6.77. The summed E-state index contributed by atoms with van der Waals surface area (Å²) in [6, 6.07) is 5.79. The molecule has 0 fully saturated rings. The van der Waals surface area contributed by atoms with Crippen LogP contribution in [0.5, 0.6) is 0 Å². The van der Waals surface area contributed by atoms with Gasteiger partial charge in [-0.15, -0.1) is 0 Å². The monoisotopic (exact) mass is 364 g/mol. The first-order chi connectivity index (χ1) is 10.3. The zero-order chi connectivity index (χ0) is 16.4. The SMILES string of the molecule is Cc1[nH]c(C)c(C(=O)O)c1C.O=C1Cc2cc(Br)ccc2N1. The van der Waals surface area contributed by atoms with Gasteiger partial charge in [0, 0.05) is 21.5 Å². The quantitative estimate of drug-likeness (QED) is 0.723. The molecule has 22 heavy (non-hydrogen) atoms. The van der Waals surface area contributed by atoms with Crippen molar-refractivity contribution in [3.05, 3.63) is 50.8 Å². The number of aromatic amines is 1. The third-order valence-corrected chi connectivity index (χ3v) is 4.09. The van der Waals surface area contributed by atoms with Crippen LogP contribution in [0.25, 0.3) is 0 Å². The molecule has 0 bridgehead atoms. The number of carbonyl (C=O) groups excluding carboxylic acids is 1. The van der Waals surface area contributed by atoms with Crippen molar-refractivity contribution in [1.82, 2.24) is 4.98 Å². The molecule has 6 heteroatoms. The molecule has 3 rings (SSSR count). The minimum absolute atomic E-state index is 0.0816. The maximum atomic E-state index is 10.9. The van der Waals surface area contributed by atoms with Gasteiger partial charge in [0.1, 0.15) is 0 Å². The van der Waals surface area contributed by atoms with Gasteiger partial charge in [0.05, 0.1) is 12.0 Å². The predicted molar refractivity (Wildman–Crippen MR) is 88.4 cm³/mol. The fourth-order valence-electron chi connectivity index (χ4n) is 2.42. The number of benzene rings is 1. The van der Waals surface area contributed by atoms with Crippen molar-refractivity contribution in [3.8, 4) is 0 Å². The average molecular weight is 365 g/mol. The van der Waals surface area contributed by atoms with Crippen molar-refractivity contribution in [2.24, 2.45) is 0 Å². The number of nitrogens with one attached hydrogen (secondary N) is 2. The Morgan fingerprint density at radius 3 is 2.41 bits per heavy atom. The summed E-state index contributed by atoms with van der Waals surface area (Å²) in [4.78, 5) is 24.5. The lowest BCUT2D eigenvalue weighted by atomic mass is 10.1. The Balaban J connectivity index is 0.000000160. The van der Waals surface area contributed by atoms with Crippen LogP contribution < -0.4 is 5.32 Å². The first kappa shape index (κ1) is 16.3. The van der Waals surface area contributed by atoms with E-state index < -0.39 is 5.97 Å². The maximum absolute atomic E-state index is 10.9. The van der Waals surface area contributed by atoms with Crippen LogP contribution in [0.2, 0.25) is 0 Å². The minimum atomic E-state index is -0.857. The van der Waals surface area contributed by atoms with Crippen LogP contribution in [-0.2, 0) is 11.2 Å². The number of aryl methyl sites for hydroxylation is 2. The number of amides is 1. The van der Waals surface area contributed by atoms with Gasteiger partial charge in [-0.2, -0.15) is 0 Å². The van der Waals surface area contributed by atoms with E-state index in [0.717, 1.165) is 32.7 Å². The van der Waals surface area contributed by atoms with E-state index in [0.29, 0.717) is 12.0 Å². The van der Waals surface area contributed by atoms with Gasteiger partial charge in [-0.25, -0.2) is 4.79 Å². The van der Waals surface area contributed by atoms with E-state index in [1.165, 1.54) is 0 Å². The van der Waals surface area contributed by atoms with Crippen molar-refractivity contribution in [2.45, 2.75) is 27.2 Å². The topological polar surface area (TPSA) is 82.2 Å². The van der Waals surface area contributed by atoms with Gasteiger partial charge < -0.3 is 15.4 Å². The molecule has 5 nitrogen and oxygen atoms in total. The molecular formula is C16H17BrN2O3. The molecule has 0 unspecified atom stereocenters. The zero-order valence-electron chi connectivity index (χ0n) is 12.6. The van der Waals surface area contributed by atoms with Gasteiger partial charge in [0.25, 0.3) is 0 Å². The molecule has 2 aromatic rings. The number of carboxylic acid groups (broad SMARTS) is 1. The summed E-state index contributed by atoms with van der Waals surface area (Å²) in [6.45, 7) is 5.44. The summed E-state index contributed by atoms with van der Waals surface area (Å²) >= 11 is 3.35. The van der Waals surface area contributed by atoms with E-state index in [1.54, 1.807) is 6.92 Å². The van der Waals surface area contributed by atoms with Crippen molar-refractivity contribution in [3.63, 3.8) is 0 Å². The third-order valence-electron chi connectivity index (χ3n) is 3.59. The van der Waals surface area contributed by atoms with Crippen LogP contribution in [0.3, 0.4) is 0 Å². The van der Waals surface area contributed by atoms with E-state index in [1.807, 2.05) is 32.0 Å². The van der Waals surface area contributed by atoms with Crippen LogP contribution in [0.1, 0.15) is 32.9 Å². The fourth-order valence-corrected chi connectivity index (χ4v) is 2.83. The Morgan fingerprint density at radius 1 is 1.23 bits per heavy atom. The fraction of sp³-hybridized carbons (Fsp3) is 0.250. The molecule has 1 aliphatic rings. The van der Waals surface area contributed by atoms with E-state index in [4.69, 9.17) is 5.11 Å². The highest BCUT2D eigenvalue weighted by atomic mass is 79.9. The molecule has 0 radical (unpaired) electrons. The molecule has 0 atom stereocenters. The number of anilines is 1. The average Bonchev–Trinajstić information content (AvgIpc) is 2.89. The second-order valence-corrected chi connectivity index (χ2v) is 6.12. The van der Waals surface area contributed by atoms with Gasteiger partial charge in [0.2, 0.25) is 5.91 Å². The van der Waals surface area contributed by atoms with Gasteiger partial charge in [-0.05, 0) is 50.1 Å². The van der Waals surface area contributed by atoms with Crippen LogP contribution >= 0.6 is 15.9 Å². The number of H-pyrrole nitrogens is 1. The summed E-state index contributed by atoms with van der Waals surface area (Å²) in [7, 11) is 0. The van der Waals surface area contributed by atoms with Crippen LogP contribution in [-0.4, -0.2) is 22.0 Å². The number of carbonyl (C=O) groups is 2. The van der Waals surface area contributed by atoms with Gasteiger partial charge in [-0.3, -0.25) is 4.79 Å². The number of hydrogen-bond donors (Lipinski definition) is 3. The summed E-state index contributed by atoms with van der Waals surface area (Å²) in [5, 5.41) is 11.5. The van der Waals surface area contributed by atoms with Gasteiger partial charge in [-0.1, -0.05) is 15.9 Å². The Kier molecular flexibility index (Phi) is 4.71. The lowest BCUT2D eigenvalue weighted by Gasteiger charge is -1.96. The molecule has 0 aliphatic carbocycles. The first-order valence-corrected chi connectivity index (χ1v) is 7.56. The van der Waals surface area contributed by atoms with Crippen molar-refractivity contribution in [1.29, 1.82) is 0 Å². The number of hydrogen-bond acceptors (Lipinski definition) is 2. The molecular weight excluding hydrogens is 348 g/mol. The van der Waals surface area contributed by atoms with Crippen molar-refractivity contribution < 1.29 is 14.7 Å². The van der Waals surface area contributed by atoms with Crippen LogP contribution in [0.4, 0.5) is 5.69 Å². The molecule has 1 aromatic carbocycles. The molecule has 3 N–H and O–H groups in total. The number of rotatable bonds is 1. The lowest BCUT2D eigenvalue weighted by molar-refractivity contribution is -0.115. The van der Waals surface area contributed by atoms with E-state index in [9.17, 15) is 9.59 Å². The van der Waals surface area contributed by atoms with Crippen LogP contribution in [0.15, 0.2) is 22.7 Å². The largest absolute Gasteiger partial charge is 0.478 e. The maximum Gasteiger partial charge on any atom is 0.337 e. The Morgan fingerprint density at radius 2 is 1.91 bits per heavy atom. The highest BCUT2D eigenvalue weighted by molar-refractivity contribution is 9.10. The van der Waals surface area contributed by atoms with Crippen molar-refractivity contribution in [2.75, 3.05) is 5.32 Å². The summed E-state index contributed by atoms with van der Waals surface area (Å²) in [5.74, 6) is -0.776. The summed E-state index contributed by atoms with van der Waals surface area (Å²) in [5.41, 5.74) is 4.91. The standard InChI is InChI=1S/C8H6BrNO.C8H11NO2/c9-6-1-2-7-5(3-6)4-8(11)10-7;1-4-5(2)9-6(3)7(4)8(10)11/h1-3H,4H2,(H,10,11);9H,1-3H3,(H,10,11). The molecule has 1 aliphatic heterocycles. The van der Waals surface area contributed by atoms with E-state index in [2.05, 4.69) is 26.2 Å². The Bertz CT molecular complexity index is 750. The lowest BCUT2D eigenvalue weighted by Crippen LogP contribution is -2.03. The Labute approximate surface area is 136 Å². The second-order valence-electron chi connectivity index (χ2n) is 5.21. The molecule has 0 spiro atoms. The zero-order valence-corrected chi connectivity index (χ0v) is 14.2. The molecule has 1 aromatic heterocycles. The highest BCUT2D eigenvalue weighted by Gasteiger charge is 2.16. The Hall–Kier alpha value is -2.08. The molecule has 116 valence electrons.